The van der Waals surface area contributed by atoms with Crippen LogP contribution in [0.3, 0.4) is 0 Å². The zero-order valence-corrected chi connectivity index (χ0v) is 11.0. The molecule has 0 aliphatic carbocycles. The summed E-state index contributed by atoms with van der Waals surface area (Å²) in [5.41, 5.74) is 1.67. The van der Waals surface area contributed by atoms with E-state index in [4.69, 9.17) is 14.7 Å². The molecule has 0 fully saturated rings. The number of hydrogen-bond acceptors (Lipinski definition) is 3. The van der Waals surface area contributed by atoms with Crippen molar-refractivity contribution in [3.63, 3.8) is 0 Å². The summed E-state index contributed by atoms with van der Waals surface area (Å²) in [5, 5.41) is 9.06. The largest absolute Gasteiger partial charge is 0.493 e. The lowest BCUT2D eigenvalue weighted by Gasteiger charge is -2.08. The van der Waals surface area contributed by atoms with Gasteiger partial charge >= 0.3 is 0 Å². The number of nitriles is 1. The van der Waals surface area contributed by atoms with Crippen molar-refractivity contribution >= 4 is 0 Å². The van der Waals surface area contributed by atoms with Crippen LogP contribution in [-0.4, -0.2) is 14.2 Å². The van der Waals surface area contributed by atoms with Crippen molar-refractivity contribution in [2.45, 2.75) is 6.54 Å². The normalized spacial score (nSPS) is 9.74. The van der Waals surface area contributed by atoms with Crippen LogP contribution in [0.4, 0.5) is 0 Å². The van der Waals surface area contributed by atoms with Crippen LogP contribution in [0.1, 0.15) is 11.3 Å². The smallest absolute Gasteiger partial charge is 0.283 e. The van der Waals surface area contributed by atoms with Gasteiger partial charge < -0.3 is 9.47 Å². The van der Waals surface area contributed by atoms with Gasteiger partial charge in [0, 0.05) is 17.7 Å². The quantitative estimate of drug-likeness (QED) is 0.784. The summed E-state index contributed by atoms with van der Waals surface area (Å²) in [6, 6.07) is 13.5. The number of hydrogen-bond donors (Lipinski definition) is 0. The van der Waals surface area contributed by atoms with Crippen LogP contribution in [-0.2, 0) is 6.54 Å². The molecule has 0 aliphatic heterocycles. The molecule has 0 spiro atoms. The fraction of sp³-hybridized carbons (Fsp3) is 0.200. The second-order valence-corrected chi connectivity index (χ2v) is 4.01. The summed E-state index contributed by atoms with van der Waals surface area (Å²) in [4.78, 5) is 0. The van der Waals surface area contributed by atoms with Gasteiger partial charge in [0.2, 0.25) is 0 Å². The van der Waals surface area contributed by atoms with Crippen molar-refractivity contribution < 1.29 is 14.0 Å². The Morgan fingerprint density at radius 2 is 1.89 bits per heavy atom. The highest BCUT2D eigenvalue weighted by Gasteiger charge is 2.11. The summed E-state index contributed by atoms with van der Waals surface area (Å²) in [6.45, 7) is 0.615. The number of pyridine rings is 1. The molecule has 0 radical (unpaired) electrons. The molecule has 2 aromatic rings. The third-order valence-corrected chi connectivity index (χ3v) is 2.86. The minimum atomic E-state index is 0.615. The highest BCUT2D eigenvalue weighted by atomic mass is 16.5. The summed E-state index contributed by atoms with van der Waals surface area (Å²) in [7, 11) is 3.22. The number of methoxy groups -OCH3 is 2. The van der Waals surface area contributed by atoms with Gasteiger partial charge in [-0.25, -0.2) is 0 Å². The van der Waals surface area contributed by atoms with Gasteiger partial charge in [-0.1, -0.05) is 0 Å². The Kier molecular flexibility index (Phi) is 3.99. The molecule has 96 valence electrons. The third-order valence-electron chi connectivity index (χ3n) is 2.86. The summed E-state index contributed by atoms with van der Waals surface area (Å²) >= 11 is 0. The zero-order valence-electron chi connectivity index (χ0n) is 11.0. The van der Waals surface area contributed by atoms with Gasteiger partial charge in [0.15, 0.2) is 30.3 Å². The Labute approximate surface area is 112 Å². The van der Waals surface area contributed by atoms with E-state index in [1.807, 2.05) is 41.1 Å². The molecule has 0 unspecified atom stereocenters. The Balaban J connectivity index is 2.31. The molecule has 0 N–H and O–H groups in total. The summed E-state index contributed by atoms with van der Waals surface area (Å²) < 4.78 is 12.4. The summed E-state index contributed by atoms with van der Waals surface area (Å²) in [6.07, 6.45) is 1.88. The van der Waals surface area contributed by atoms with Crippen molar-refractivity contribution in [3.8, 4) is 17.6 Å². The maximum absolute atomic E-state index is 9.06. The maximum atomic E-state index is 9.06. The van der Waals surface area contributed by atoms with Gasteiger partial charge in [-0.15, -0.1) is 0 Å². The molecule has 0 atom stereocenters. The second-order valence-electron chi connectivity index (χ2n) is 4.01. The highest BCUT2D eigenvalue weighted by molar-refractivity contribution is 5.42. The minimum Gasteiger partial charge on any atom is -0.493 e. The van der Waals surface area contributed by atoms with Crippen LogP contribution in [0.15, 0.2) is 42.6 Å². The molecule has 1 aromatic heterocycles. The average Bonchev–Trinajstić information content (AvgIpc) is 2.47. The summed E-state index contributed by atoms with van der Waals surface area (Å²) in [5.74, 6) is 1.39. The monoisotopic (exact) mass is 255 g/mol. The molecule has 0 bridgehead atoms. The van der Waals surface area contributed by atoms with Crippen molar-refractivity contribution in [2.24, 2.45) is 0 Å². The topological polar surface area (TPSA) is 46.1 Å². The Morgan fingerprint density at radius 1 is 1.11 bits per heavy atom. The molecule has 1 heterocycles. The maximum Gasteiger partial charge on any atom is 0.283 e. The fourth-order valence-electron chi connectivity index (χ4n) is 1.89. The van der Waals surface area contributed by atoms with Gasteiger partial charge in [0.25, 0.3) is 5.69 Å². The van der Waals surface area contributed by atoms with E-state index in [0.717, 1.165) is 5.56 Å². The lowest BCUT2D eigenvalue weighted by atomic mass is 10.2. The first-order valence-corrected chi connectivity index (χ1v) is 5.88. The molecule has 2 rings (SSSR count). The van der Waals surface area contributed by atoms with Crippen LogP contribution in [0.2, 0.25) is 0 Å². The lowest BCUT2D eigenvalue weighted by molar-refractivity contribution is -0.690. The van der Waals surface area contributed by atoms with Gasteiger partial charge in [-0.3, -0.25) is 0 Å². The van der Waals surface area contributed by atoms with E-state index in [1.54, 1.807) is 20.3 Å². The SMILES string of the molecule is COc1ccc(C[n+]2ccccc2C#N)cc1OC. The van der Waals surface area contributed by atoms with Crippen LogP contribution < -0.4 is 14.0 Å². The highest BCUT2D eigenvalue weighted by Crippen LogP contribution is 2.27. The van der Waals surface area contributed by atoms with Gasteiger partial charge in [-0.2, -0.15) is 9.83 Å². The van der Waals surface area contributed by atoms with Crippen molar-refractivity contribution in [3.05, 3.63) is 53.9 Å². The van der Waals surface area contributed by atoms with Crippen LogP contribution in [0.5, 0.6) is 11.5 Å². The number of aromatic nitrogens is 1. The molecule has 0 aliphatic rings. The second kappa shape index (κ2) is 5.87. The van der Waals surface area contributed by atoms with E-state index in [0.29, 0.717) is 23.7 Å². The first-order chi connectivity index (χ1) is 9.28. The molecule has 19 heavy (non-hydrogen) atoms. The van der Waals surface area contributed by atoms with E-state index in [2.05, 4.69) is 6.07 Å². The molecule has 0 amide bonds. The van der Waals surface area contributed by atoms with Gasteiger partial charge in [0.05, 0.1) is 14.2 Å². The Bertz CT molecular complexity index is 618. The molecule has 1 aromatic carbocycles. The first kappa shape index (κ1) is 12.9. The number of benzene rings is 1. The van der Waals surface area contributed by atoms with Crippen molar-refractivity contribution in [1.29, 1.82) is 5.26 Å². The van der Waals surface area contributed by atoms with E-state index in [1.165, 1.54) is 0 Å². The van der Waals surface area contributed by atoms with E-state index >= 15 is 0 Å². The first-order valence-electron chi connectivity index (χ1n) is 5.88. The molecule has 0 saturated carbocycles. The standard InChI is InChI=1S/C15H15N2O2/c1-18-14-7-6-12(9-15(14)19-2)11-17-8-4-3-5-13(17)10-16/h3-9H,11H2,1-2H3/q+1. The molecule has 0 saturated heterocycles. The molecular formula is C15H15N2O2+. The van der Waals surface area contributed by atoms with Crippen molar-refractivity contribution in [2.75, 3.05) is 14.2 Å². The lowest BCUT2D eigenvalue weighted by Crippen LogP contribution is -2.37. The van der Waals surface area contributed by atoms with Crippen LogP contribution in [0.25, 0.3) is 0 Å². The molecule has 4 heteroatoms. The average molecular weight is 255 g/mol. The predicted octanol–water partition coefficient (Wildman–Crippen LogP) is 1.91. The van der Waals surface area contributed by atoms with Gasteiger partial charge in [-0.05, 0) is 24.3 Å². The van der Waals surface area contributed by atoms with Gasteiger partial charge in [0.1, 0.15) is 0 Å². The van der Waals surface area contributed by atoms with E-state index in [-0.39, 0.29) is 0 Å². The van der Waals surface area contributed by atoms with E-state index < -0.39 is 0 Å². The molecule has 4 nitrogen and oxygen atoms in total. The van der Waals surface area contributed by atoms with Crippen LogP contribution >= 0.6 is 0 Å². The third kappa shape index (κ3) is 2.83. The van der Waals surface area contributed by atoms with Crippen LogP contribution in [0, 0.1) is 11.3 Å². The number of nitrogens with zero attached hydrogens (tertiary/aromatic N) is 2. The zero-order chi connectivity index (χ0) is 13.7. The predicted molar refractivity (Wildman–Crippen MR) is 70.0 cm³/mol. The van der Waals surface area contributed by atoms with E-state index in [9.17, 15) is 0 Å². The number of rotatable bonds is 4. The molecular weight excluding hydrogens is 240 g/mol. The fourth-order valence-corrected chi connectivity index (χ4v) is 1.89. The number of ether oxygens (including phenoxy) is 2. The van der Waals surface area contributed by atoms with Crippen molar-refractivity contribution in [1.82, 2.24) is 0 Å². The Morgan fingerprint density at radius 3 is 2.58 bits per heavy atom. The Hall–Kier alpha value is -2.54. The minimum absolute atomic E-state index is 0.615.